The molecule has 98 valence electrons. The molecule has 0 fully saturated rings. The highest BCUT2D eigenvalue weighted by atomic mass is 16.5. The van der Waals surface area contributed by atoms with Gasteiger partial charge in [0.15, 0.2) is 5.78 Å². The van der Waals surface area contributed by atoms with Crippen LogP contribution >= 0.6 is 0 Å². The molecule has 0 saturated heterocycles. The number of hydrogen-bond acceptors (Lipinski definition) is 4. The molecule has 4 heteroatoms. The van der Waals surface area contributed by atoms with Gasteiger partial charge in [-0.15, -0.1) is 0 Å². The first-order valence-corrected chi connectivity index (χ1v) is 5.85. The number of aromatic nitrogens is 1. The van der Waals surface area contributed by atoms with E-state index in [9.17, 15) is 4.79 Å². The molecule has 19 heavy (non-hydrogen) atoms. The SMILES string of the molecule is COc1ccc(OC)c(C(=O)c2cccnc2C)c1. The lowest BCUT2D eigenvalue weighted by Gasteiger charge is -2.10. The van der Waals surface area contributed by atoms with E-state index in [0.29, 0.717) is 28.3 Å². The van der Waals surface area contributed by atoms with Crippen molar-refractivity contribution in [3.8, 4) is 11.5 Å². The topological polar surface area (TPSA) is 48.4 Å². The van der Waals surface area contributed by atoms with Crippen LogP contribution in [-0.4, -0.2) is 25.0 Å². The van der Waals surface area contributed by atoms with E-state index >= 15 is 0 Å². The van der Waals surface area contributed by atoms with Crippen LogP contribution in [0.1, 0.15) is 21.6 Å². The second-order valence-electron chi connectivity index (χ2n) is 4.03. The van der Waals surface area contributed by atoms with E-state index in [1.165, 1.54) is 7.11 Å². The monoisotopic (exact) mass is 257 g/mol. The molecule has 0 aliphatic rings. The fourth-order valence-electron chi connectivity index (χ4n) is 1.86. The second kappa shape index (κ2) is 5.52. The van der Waals surface area contributed by atoms with Crippen molar-refractivity contribution in [3.05, 3.63) is 53.3 Å². The van der Waals surface area contributed by atoms with Gasteiger partial charge in [-0.25, -0.2) is 0 Å². The Hall–Kier alpha value is -2.36. The molecule has 1 heterocycles. The summed E-state index contributed by atoms with van der Waals surface area (Å²) in [6.45, 7) is 1.81. The van der Waals surface area contributed by atoms with E-state index < -0.39 is 0 Å². The Morgan fingerprint density at radius 3 is 2.53 bits per heavy atom. The molecule has 1 aromatic carbocycles. The Kier molecular flexibility index (Phi) is 3.80. The van der Waals surface area contributed by atoms with Gasteiger partial charge in [0.25, 0.3) is 0 Å². The molecule has 0 saturated carbocycles. The zero-order chi connectivity index (χ0) is 13.8. The summed E-state index contributed by atoms with van der Waals surface area (Å²) in [5.41, 5.74) is 1.73. The fraction of sp³-hybridized carbons (Fsp3) is 0.200. The zero-order valence-electron chi connectivity index (χ0n) is 11.1. The number of carbonyl (C=O) groups is 1. The number of aryl methyl sites for hydroxylation is 1. The largest absolute Gasteiger partial charge is 0.497 e. The molecule has 0 spiro atoms. The van der Waals surface area contributed by atoms with Crippen molar-refractivity contribution >= 4 is 5.78 Å². The fourth-order valence-corrected chi connectivity index (χ4v) is 1.86. The minimum atomic E-state index is -0.124. The van der Waals surface area contributed by atoms with E-state index in [0.717, 1.165) is 0 Å². The number of hydrogen-bond donors (Lipinski definition) is 0. The average molecular weight is 257 g/mol. The maximum absolute atomic E-state index is 12.5. The first kappa shape index (κ1) is 13.1. The van der Waals surface area contributed by atoms with Crippen molar-refractivity contribution in [1.29, 1.82) is 0 Å². The minimum Gasteiger partial charge on any atom is -0.497 e. The first-order chi connectivity index (χ1) is 9.17. The quantitative estimate of drug-likeness (QED) is 0.790. The van der Waals surface area contributed by atoms with E-state index in [1.807, 2.05) is 0 Å². The molecule has 0 N–H and O–H groups in total. The molecule has 0 aliphatic carbocycles. The van der Waals surface area contributed by atoms with Crippen molar-refractivity contribution in [2.75, 3.05) is 14.2 Å². The van der Waals surface area contributed by atoms with Crippen LogP contribution in [-0.2, 0) is 0 Å². The van der Waals surface area contributed by atoms with E-state index in [4.69, 9.17) is 9.47 Å². The van der Waals surface area contributed by atoms with Crippen LogP contribution in [0, 0.1) is 6.92 Å². The molecular weight excluding hydrogens is 242 g/mol. The van der Waals surface area contributed by atoms with Crippen LogP contribution < -0.4 is 9.47 Å². The summed E-state index contributed by atoms with van der Waals surface area (Å²) >= 11 is 0. The van der Waals surface area contributed by atoms with Crippen molar-refractivity contribution in [1.82, 2.24) is 4.98 Å². The lowest BCUT2D eigenvalue weighted by molar-refractivity contribution is 0.103. The molecule has 0 amide bonds. The maximum atomic E-state index is 12.5. The van der Waals surface area contributed by atoms with E-state index in [-0.39, 0.29) is 5.78 Å². The van der Waals surface area contributed by atoms with Crippen LogP contribution in [0.2, 0.25) is 0 Å². The van der Waals surface area contributed by atoms with Crippen molar-refractivity contribution in [2.24, 2.45) is 0 Å². The van der Waals surface area contributed by atoms with Gasteiger partial charge in [-0.2, -0.15) is 0 Å². The van der Waals surface area contributed by atoms with Gasteiger partial charge in [-0.3, -0.25) is 9.78 Å². The lowest BCUT2D eigenvalue weighted by Crippen LogP contribution is -2.07. The Labute approximate surface area is 112 Å². The number of benzene rings is 1. The molecule has 0 radical (unpaired) electrons. The Morgan fingerprint density at radius 1 is 1.11 bits per heavy atom. The van der Waals surface area contributed by atoms with Gasteiger partial charge in [0.1, 0.15) is 11.5 Å². The van der Waals surface area contributed by atoms with Crippen LogP contribution in [0.3, 0.4) is 0 Å². The molecule has 0 bridgehead atoms. The third-order valence-electron chi connectivity index (χ3n) is 2.90. The van der Waals surface area contributed by atoms with Gasteiger partial charge in [-0.1, -0.05) is 0 Å². The van der Waals surface area contributed by atoms with Crippen LogP contribution in [0.5, 0.6) is 11.5 Å². The van der Waals surface area contributed by atoms with Crippen molar-refractivity contribution < 1.29 is 14.3 Å². The third kappa shape index (κ3) is 2.57. The summed E-state index contributed by atoms with van der Waals surface area (Å²) in [6, 6.07) is 8.65. The molecule has 0 unspecified atom stereocenters. The number of pyridine rings is 1. The highest BCUT2D eigenvalue weighted by molar-refractivity contribution is 6.11. The number of nitrogens with zero attached hydrogens (tertiary/aromatic N) is 1. The van der Waals surface area contributed by atoms with Gasteiger partial charge in [0, 0.05) is 17.5 Å². The number of ketones is 1. The van der Waals surface area contributed by atoms with Gasteiger partial charge in [0.05, 0.1) is 19.8 Å². The summed E-state index contributed by atoms with van der Waals surface area (Å²) in [5.74, 6) is 1.01. The van der Waals surface area contributed by atoms with Crippen molar-refractivity contribution in [2.45, 2.75) is 6.92 Å². The van der Waals surface area contributed by atoms with Crippen molar-refractivity contribution in [3.63, 3.8) is 0 Å². The Bertz CT molecular complexity index is 608. The summed E-state index contributed by atoms with van der Waals surface area (Å²) < 4.78 is 10.4. The smallest absolute Gasteiger partial charge is 0.198 e. The summed E-state index contributed by atoms with van der Waals surface area (Å²) in [4.78, 5) is 16.7. The highest BCUT2D eigenvalue weighted by Gasteiger charge is 2.17. The average Bonchev–Trinajstić information content (AvgIpc) is 2.46. The first-order valence-electron chi connectivity index (χ1n) is 5.85. The molecule has 1 aromatic heterocycles. The number of carbonyl (C=O) groups excluding carboxylic acids is 1. The van der Waals surface area contributed by atoms with Gasteiger partial charge in [0.2, 0.25) is 0 Å². The molecule has 4 nitrogen and oxygen atoms in total. The predicted octanol–water partition coefficient (Wildman–Crippen LogP) is 2.64. The Morgan fingerprint density at radius 2 is 1.89 bits per heavy atom. The van der Waals surface area contributed by atoms with Crippen LogP contribution in [0.25, 0.3) is 0 Å². The third-order valence-corrected chi connectivity index (χ3v) is 2.90. The summed E-state index contributed by atoms with van der Waals surface area (Å²) in [5, 5.41) is 0. The molecule has 2 rings (SSSR count). The van der Waals surface area contributed by atoms with E-state index in [1.54, 1.807) is 50.6 Å². The minimum absolute atomic E-state index is 0.124. The van der Waals surface area contributed by atoms with E-state index in [2.05, 4.69) is 4.98 Å². The standard InChI is InChI=1S/C15H15NO3/c1-10-12(5-4-8-16-10)15(17)13-9-11(18-2)6-7-14(13)19-3/h4-9H,1-3H3. The molecular formula is C15H15NO3. The predicted molar refractivity (Wildman–Crippen MR) is 72.0 cm³/mol. The normalized spacial score (nSPS) is 10.1. The number of methoxy groups -OCH3 is 2. The van der Waals surface area contributed by atoms with Gasteiger partial charge < -0.3 is 9.47 Å². The van der Waals surface area contributed by atoms with Gasteiger partial charge in [-0.05, 0) is 37.3 Å². The Balaban J connectivity index is 2.51. The summed E-state index contributed by atoms with van der Waals surface area (Å²) in [6.07, 6.45) is 1.66. The van der Waals surface area contributed by atoms with Crippen LogP contribution in [0.4, 0.5) is 0 Å². The highest BCUT2D eigenvalue weighted by Crippen LogP contribution is 2.26. The molecule has 0 aliphatic heterocycles. The van der Waals surface area contributed by atoms with Gasteiger partial charge >= 0.3 is 0 Å². The molecule has 0 atom stereocenters. The maximum Gasteiger partial charge on any atom is 0.198 e. The second-order valence-corrected chi connectivity index (χ2v) is 4.03. The number of ether oxygens (including phenoxy) is 2. The lowest BCUT2D eigenvalue weighted by atomic mass is 10.0. The number of rotatable bonds is 4. The van der Waals surface area contributed by atoms with Crippen LogP contribution in [0.15, 0.2) is 36.5 Å². The summed E-state index contributed by atoms with van der Waals surface area (Å²) in [7, 11) is 3.10. The zero-order valence-corrected chi connectivity index (χ0v) is 11.1. The molecule has 2 aromatic rings.